The Bertz CT molecular complexity index is 668. The van der Waals surface area contributed by atoms with Gasteiger partial charge in [-0.15, -0.1) is 11.3 Å². The Hall–Kier alpha value is -1.46. The highest BCUT2D eigenvalue weighted by Gasteiger charge is 2.26. The van der Waals surface area contributed by atoms with Crippen LogP contribution in [0.15, 0.2) is 18.2 Å². The third-order valence-electron chi connectivity index (χ3n) is 3.97. The minimum Gasteiger partial charge on any atom is -0.396 e. The van der Waals surface area contributed by atoms with E-state index in [1.807, 2.05) is 19.9 Å². The van der Waals surface area contributed by atoms with E-state index in [4.69, 9.17) is 5.11 Å². The highest BCUT2D eigenvalue weighted by atomic mass is 32.1. The number of aliphatic hydroxyl groups is 1. The molecule has 21 heavy (non-hydrogen) atoms. The fourth-order valence-corrected chi connectivity index (χ4v) is 3.49. The van der Waals surface area contributed by atoms with Crippen molar-refractivity contribution in [1.29, 1.82) is 0 Å². The lowest BCUT2D eigenvalue weighted by Gasteiger charge is -2.28. The molecule has 0 saturated heterocycles. The Morgan fingerprint density at radius 3 is 2.76 bits per heavy atom. The molecule has 0 aliphatic heterocycles. The number of amides is 1. The van der Waals surface area contributed by atoms with Gasteiger partial charge in [-0.1, -0.05) is 13.0 Å². The zero-order valence-corrected chi connectivity index (χ0v) is 13.3. The van der Waals surface area contributed by atoms with Gasteiger partial charge in [-0.3, -0.25) is 4.79 Å². The number of carbonyl (C=O) groups excluding carboxylic acids is 1. The summed E-state index contributed by atoms with van der Waals surface area (Å²) in [7, 11) is 0. The molecule has 0 aliphatic carbocycles. The monoisotopic (exact) mass is 309 g/mol. The van der Waals surface area contributed by atoms with E-state index in [1.165, 1.54) is 17.4 Å². The van der Waals surface area contributed by atoms with Gasteiger partial charge in [-0.2, -0.15) is 0 Å². The Balaban J connectivity index is 2.36. The van der Waals surface area contributed by atoms with Crippen molar-refractivity contribution >= 4 is 27.3 Å². The quantitative estimate of drug-likeness (QED) is 0.886. The van der Waals surface area contributed by atoms with Gasteiger partial charge in [0.25, 0.3) is 5.91 Å². The topological polar surface area (TPSA) is 49.3 Å². The average molecular weight is 309 g/mol. The zero-order chi connectivity index (χ0) is 15.6. The molecule has 0 radical (unpaired) electrons. The normalized spacial score (nSPS) is 14.1. The first-order valence-corrected chi connectivity index (χ1v) is 7.84. The number of halogens is 1. The van der Waals surface area contributed by atoms with Gasteiger partial charge in [0.1, 0.15) is 5.82 Å². The number of aliphatic hydroxyl groups excluding tert-OH is 1. The summed E-state index contributed by atoms with van der Waals surface area (Å²) in [6.45, 7) is 5.66. The van der Waals surface area contributed by atoms with Crippen LogP contribution in [0.5, 0.6) is 0 Å². The molecule has 114 valence electrons. The predicted molar refractivity (Wildman–Crippen MR) is 84.4 cm³/mol. The van der Waals surface area contributed by atoms with Crippen LogP contribution in [0.3, 0.4) is 0 Å². The molecule has 1 heterocycles. The molecule has 0 saturated carbocycles. The third kappa shape index (κ3) is 3.09. The largest absolute Gasteiger partial charge is 0.396 e. The fraction of sp³-hybridized carbons (Fsp3) is 0.438. The highest BCUT2D eigenvalue weighted by Crippen LogP contribution is 2.33. The molecular formula is C16H20FNO2S. The minimum absolute atomic E-state index is 0.0185. The number of rotatable bonds is 5. The number of aryl methyl sites for hydroxylation is 1. The smallest absolute Gasteiger partial charge is 0.262 e. The van der Waals surface area contributed by atoms with Crippen LogP contribution < -0.4 is 5.32 Å². The van der Waals surface area contributed by atoms with E-state index in [2.05, 4.69) is 5.32 Å². The van der Waals surface area contributed by atoms with Crippen molar-refractivity contribution in [2.45, 2.75) is 39.2 Å². The number of hydrogen-bond donors (Lipinski definition) is 2. The molecule has 1 atom stereocenters. The van der Waals surface area contributed by atoms with Gasteiger partial charge < -0.3 is 10.4 Å². The second-order valence-electron chi connectivity index (χ2n) is 5.51. The Labute approximate surface area is 127 Å². The fourth-order valence-electron chi connectivity index (χ4n) is 2.38. The van der Waals surface area contributed by atoms with Crippen LogP contribution in [0.1, 0.15) is 41.9 Å². The molecule has 1 unspecified atom stereocenters. The lowest BCUT2D eigenvalue weighted by molar-refractivity contribution is 0.0890. The van der Waals surface area contributed by atoms with Crippen molar-refractivity contribution in [2.24, 2.45) is 0 Å². The van der Waals surface area contributed by atoms with E-state index < -0.39 is 5.54 Å². The molecule has 1 aromatic carbocycles. The lowest BCUT2D eigenvalue weighted by Crippen LogP contribution is -2.46. The summed E-state index contributed by atoms with van der Waals surface area (Å²) in [5.41, 5.74) is 0.223. The first-order valence-electron chi connectivity index (χ1n) is 7.03. The number of carbonyl (C=O) groups is 1. The van der Waals surface area contributed by atoms with Crippen LogP contribution in [0.25, 0.3) is 10.1 Å². The lowest BCUT2D eigenvalue weighted by atomic mass is 9.94. The SMILES string of the molecule is CCC(C)(CCO)NC(=O)c1sc2cccc(F)c2c1C. The molecule has 0 aliphatic rings. The molecule has 1 amide bonds. The molecule has 2 N–H and O–H groups in total. The van der Waals surface area contributed by atoms with Gasteiger partial charge in [0, 0.05) is 22.2 Å². The molecule has 0 fully saturated rings. The van der Waals surface area contributed by atoms with Crippen LogP contribution >= 0.6 is 11.3 Å². The van der Waals surface area contributed by atoms with E-state index in [1.54, 1.807) is 13.0 Å². The Morgan fingerprint density at radius 1 is 1.48 bits per heavy atom. The van der Waals surface area contributed by atoms with Crippen LogP contribution in [-0.4, -0.2) is 23.2 Å². The number of thiophene rings is 1. The second kappa shape index (κ2) is 6.12. The molecular weight excluding hydrogens is 289 g/mol. The zero-order valence-electron chi connectivity index (χ0n) is 12.5. The average Bonchev–Trinajstić information content (AvgIpc) is 2.78. The van der Waals surface area contributed by atoms with Crippen molar-refractivity contribution in [2.75, 3.05) is 6.61 Å². The minimum atomic E-state index is -0.451. The maximum Gasteiger partial charge on any atom is 0.262 e. The van der Waals surface area contributed by atoms with Crippen LogP contribution in [0.2, 0.25) is 0 Å². The van der Waals surface area contributed by atoms with Crippen LogP contribution in [-0.2, 0) is 0 Å². The van der Waals surface area contributed by atoms with Crippen molar-refractivity contribution in [1.82, 2.24) is 5.32 Å². The Morgan fingerprint density at radius 2 is 2.19 bits per heavy atom. The maximum absolute atomic E-state index is 13.9. The molecule has 0 spiro atoms. The van der Waals surface area contributed by atoms with Gasteiger partial charge in [-0.25, -0.2) is 4.39 Å². The van der Waals surface area contributed by atoms with Gasteiger partial charge in [-0.05, 0) is 44.4 Å². The van der Waals surface area contributed by atoms with Crippen LogP contribution in [0, 0.1) is 12.7 Å². The number of fused-ring (bicyclic) bond motifs is 1. The first-order chi connectivity index (χ1) is 9.91. The van der Waals surface area contributed by atoms with Crippen molar-refractivity contribution in [3.63, 3.8) is 0 Å². The van der Waals surface area contributed by atoms with E-state index in [9.17, 15) is 9.18 Å². The summed E-state index contributed by atoms with van der Waals surface area (Å²) in [6.07, 6.45) is 1.21. The third-order valence-corrected chi connectivity index (χ3v) is 5.22. The summed E-state index contributed by atoms with van der Waals surface area (Å²) in [6, 6.07) is 4.88. The van der Waals surface area contributed by atoms with E-state index in [0.29, 0.717) is 22.2 Å². The summed E-state index contributed by atoms with van der Waals surface area (Å²) in [5.74, 6) is -0.500. The van der Waals surface area contributed by atoms with Crippen LogP contribution in [0.4, 0.5) is 4.39 Å². The second-order valence-corrected chi connectivity index (χ2v) is 6.56. The number of nitrogens with one attached hydrogen (secondary N) is 1. The molecule has 1 aromatic heterocycles. The standard InChI is InChI=1S/C16H20FNO2S/c1-4-16(3,8-9-19)18-15(20)14-10(2)13-11(17)6-5-7-12(13)21-14/h5-7,19H,4,8-9H2,1-3H3,(H,18,20). The van der Waals surface area contributed by atoms with E-state index in [0.717, 1.165) is 11.1 Å². The van der Waals surface area contributed by atoms with Gasteiger partial charge in [0.05, 0.1) is 4.88 Å². The van der Waals surface area contributed by atoms with Crippen molar-refractivity contribution in [3.05, 3.63) is 34.5 Å². The molecule has 5 heteroatoms. The van der Waals surface area contributed by atoms with Gasteiger partial charge in [0.15, 0.2) is 0 Å². The van der Waals surface area contributed by atoms with E-state index >= 15 is 0 Å². The van der Waals surface area contributed by atoms with Gasteiger partial charge >= 0.3 is 0 Å². The van der Waals surface area contributed by atoms with E-state index in [-0.39, 0.29) is 18.3 Å². The van der Waals surface area contributed by atoms with Gasteiger partial charge in [0.2, 0.25) is 0 Å². The molecule has 2 aromatic rings. The van der Waals surface area contributed by atoms with Crippen molar-refractivity contribution < 1.29 is 14.3 Å². The number of hydrogen-bond acceptors (Lipinski definition) is 3. The molecule has 0 bridgehead atoms. The first kappa shape index (κ1) is 15.9. The Kier molecular flexibility index (Phi) is 4.64. The molecule has 2 rings (SSSR count). The number of benzene rings is 1. The summed E-state index contributed by atoms with van der Waals surface area (Å²) < 4.78 is 14.7. The highest BCUT2D eigenvalue weighted by molar-refractivity contribution is 7.21. The molecule has 3 nitrogen and oxygen atoms in total. The summed E-state index contributed by atoms with van der Waals surface area (Å²) in [5, 5.41) is 12.6. The predicted octanol–water partition coefficient (Wildman–Crippen LogP) is 3.63. The van der Waals surface area contributed by atoms with Crippen molar-refractivity contribution in [3.8, 4) is 0 Å². The maximum atomic E-state index is 13.9. The summed E-state index contributed by atoms with van der Waals surface area (Å²) in [4.78, 5) is 13.0. The summed E-state index contributed by atoms with van der Waals surface area (Å²) >= 11 is 1.30.